The van der Waals surface area contributed by atoms with Crippen molar-refractivity contribution in [2.45, 2.75) is 13.5 Å². The van der Waals surface area contributed by atoms with Crippen LogP contribution in [0, 0.1) is 5.41 Å². The molecule has 0 aliphatic rings. The van der Waals surface area contributed by atoms with Gasteiger partial charge in [-0.2, -0.15) is 5.10 Å². The monoisotopic (exact) mass is 550 g/mol. The number of nitrogens with two attached hydrogens (primary N) is 1. The highest BCUT2D eigenvalue weighted by molar-refractivity contribution is 9.10. The van der Waals surface area contributed by atoms with E-state index in [4.69, 9.17) is 38.2 Å². The lowest BCUT2D eigenvalue weighted by Crippen LogP contribution is -2.79. The van der Waals surface area contributed by atoms with E-state index in [9.17, 15) is 0 Å². The second-order valence-electron chi connectivity index (χ2n) is 7.00. The molecule has 0 unspecified atom stereocenters. The van der Waals surface area contributed by atoms with Gasteiger partial charge in [0.15, 0.2) is 6.61 Å². The number of hydrogen-bond acceptors (Lipinski definition) is 5. The lowest BCUT2D eigenvalue weighted by Gasteiger charge is -2.09. The Morgan fingerprint density at radius 1 is 1.18 bits per heavy atom. The number of allylic oxidation sites excluding steroid dienone is 1. The summed E-state index contributed by atoms with van der Waals surface area (Å²) < 4.78 is 8.53. The van der Waals surface area contributed by atoms with Gasteiger partial charge in [0.05, 0.1) is 24.0 Å². The number of benzene rings is 2. The first kappa shape index (κ1) is 25.0. The molecule has 0 radical (unpaired) electrons. The van der Waals surface area contributed by atoms with Crippen molar-refractivity contribution in [1.82, 2.24) is 9.78 Å². The number of ether oxygens (including phenoxy) is 1. The van der Waals surface area contributed by atoms with Crippen molar-refractivity contribution in [3.8, 4) is 17.0 Å². The van der Waals surface area contributed by atoms with Gasteiger partial charge in [-0.3, -0.25) is 10.00 Å². The van der Waals surface area contributed by atoms with Crippen molar-refractivity contribution < 1.29 is 14.9 Å². The summed E-state index contributed by atoms with van der Waals surface area (Å²) in [6.07, 6.45) is 1.46. The maximum atomic E-state index is 8.11. The standard InChI is InChI=1S/C23H22BrCl2N5O2/c1-14(27)19(23(28-2)33-18-10-6-16(24)7-11-18)12-29-32-13-20-21(26)22(30-31(20)3)15-4-8-17(25)9-5-15/h4-12,27-28H,13H2,1-3H3/p+1. The minimum absolute atomic E-state index is 0.107. The second-order valence-corrected chi connectivity index (χ2v) is 8.73. The highest BCUT2D eigenvalue weighted by Crippen LogP contribution is 2.31. The van der Waals surface area contributed by atoms with Crippen LogP contribution in [0.1, 0.15) is 12.6 Å². The molecule has 0 atom stereocenters. The Hall–Kier alpha value is -2.65. The summed E-state index contributed by atoms with van der Waals surface area (Å²) in [6.45, 7) is 1.77. The summed E-state index contributed by atoms with van der Waals surface area (Å²) in [5, 5.41) is 19.5. The van der Waals surface area contributed by atoms with E-state index < -0.39 is 0 Å². The quantitative estimate of drug-likeness (QED) is 0.218. The number of nitrogens with zero attached hydrogens (tertiary/aromatic N) is 3. The molecule has 2 aromatic carbocycles. The molecule has 0 saturated heterocycles. The average Bonchev–Trinajstić information content (AvgIpc) is 3.07. The second kappa shape index (κ2) is 11.5. The number of hydrogen-bond donors (Lipinski definition) is 2. The molecule has 0 spiro atoms. The normalized spacial score (nSPS) is 12.1. The number of quaternary nitrogens is 1. The number of aromatic nitrogens is 2. The van der Waals surface area contributed by atoms with Gasteiger partial charge in [-0.1, -0.05) is 56.4 Å². The number of nitrogens with one attached hydrogen (secondary N) is 1. The van der Waals surface area contributed by atoms with Gasteiger partial charge in [0, 0.05) is 27.8 Å². The lowest BCUT2D eigenvalue weighted by molar-refractivity contribution is -0.598. The molecule has 0 fully saturated rings. The summed E-state index contributed by atoms with van der Waals surface area (Å²) in [4.78, 5) is 5.49. The zero-order valence-corrected chi connectivity index (χ0v) is 21.4. The SMILES string of the molecule is C[NH2+]C(Oc1ccc(Br)cc1)=C(C=NOCc1c(Cl)c(-c2ccc(Cl)cc2)nn1C)C(C)=N. The Kier molecular flexibility index (Phi) is 8.68. The fourth-order valence-electron chi connectivity index (χ4n) is 2.91. The molecule has 0 aliphatic heterocycles. The van der Waals surface area contributed by atoms with Gasteiger partial charge in [-0.15, -0.1) is 0 Å². The third-order valence-electron chi connectivity index (χ3n) is 4.65. The van der Waals surface area contributed by atoms with E-state index in [1.54, 1.807) is 36.1 Å². The van der Waals surface area contributed by atoms with Crippen LogP contribution in [0.5, 0.6) is 5.75 Å². The zero-order valence-electron chi connectivity index (χ0n) is 18.3. The summed E-state index contributed by atoms with van der Waals surface area (Å²) in [5.41, 5.74) is 2.95. The van der Waals surface area contributed by atoms with E-state index >= 15 is 0 Å². The maximum Gasteiger partial charge on any atom is 0.304 e. The molecule has 0 saturated carbocycles. The molecule has 10 heteroatoms. The van der Waals surface area contributed by atoms with Crippen molar-refractivity contribution in [3.05, 3.63) is 80.2 Å². The zero-order chi connectivity index (χ0) is 24.0. The molecule has 1 aromatic heterocycles. The van der Waals surface area contributed by atoms with Gasteiger partial charge in [0.1, 0.15) is 17.0 Å². The van der Waals surface area contributed by atoms with E-state index in [2.05, 4.69) is 26.2 Å². The van der Waals surface area contributed by atoms with Gasteiger partial charge in [-0.05, 0) is 43.3 Å². The lowest BCUT2D eigenvalue weighted by atomic mass is 10.1. The first-order chi connectivity index (χ1) is 15.8. The molecule has 7 nitrogen and oxygen atoms in total. The Morgan fingerprint density at radius 3 is 2.45 bits per heavy atom. The van der Waals surface area contributed by atoms with E-state index in [-0.39, 0.29) is 12.3 Å². The minimum atomic E-state index is 0.107. The smallest absolute Gasteiger partial charge is 0.304 e. The fourth-order valence-corrected chi connectivity index (χ4v) is 3.63. The maximum absolute atomic E-state index is 8.11. The first-order valence-electron chi connectivity index (χ1n) is 9.95. The van der Waals surface area contributed by atoms with Gasteiger partial charge in [0.25, 0.3) is 0 Å². The average molecular weight is 552 g/mol. The summed E-state index contributed by atoms with van der Waals surface area (Å²) >= 11 is 15.9. The number of aryl methyl sites for hydroxylation is 1. The first-order valence-corrected chi connectivity index (χ1v) is 11.5. The topological polar surface area (TPSA) is 89.1 Å². The van der Waals surface area contributed by atoms with Crippen LogP contribution in [0.3, 0.4) is 0 Å². The van der Waals surface area contributed by atoms with Crippen LogP contribution in [0.15, 0.2) is 69.6 Å². The third kappa shape index (κ3) is 6.45. The minimum Gasteiger partial charge on any atom is -0.412 e. The molecule has 3 aromatic rings. The van der Waals surface area contributed by atoms with Gasteiger partial charge < -0.3 is 15.0 Å². The van der Waals surface area contributed by atoms with Crippen molar-refractivity contribution in [2.75, 3.05) is 7.05 Å². The largest absolute Gasteiger partial charge is 0.412 e. The van der Waals surface area contributed by atoms with Crippen molar-refractivity contribution in [3.63, 3.8) is 0 Å². The van der Waals surface area contributed by atoms with Crippen LogP contribution < -0.4 is 10.1 Å². The van der Waals surface area contributed by atoms with E-state index in [1.807, 2.05) is 43.4 Å². The summed E-state index contributed by atoms with van der Waals surface area (Å²) in [6, 6.07) is 14.7. The van der Waals surface area contributed by atoms with Crippen molar-refractivity contribution >= 4 is 51.1 Å². The fraction of sp³-hybridized carbons (Fsp3) is 0.174. The molecule has 1 heterocycles. The van der Waals surface area contributed by atoms with Crippen molar-refractivity contribution in [2.24, 2.45) is 12.2 Å². The van der Waals surface area contributed by atoms with Crippen molar-refractivity contribution in [1.29, 1.82) is 5.41 Å². The predicted octanol–water partition coefficient (Wildman–Crippen LogP) is 5.18. The predicted molar refractivity (Wildman–Crippen MR) is 135 cm³/mol. The van der Waals surface area contributed by atoms with Crippen LogP contribution in [0.4, 0.5) is 0 Å². The summed E-state index contributed by atoms with van der Waals surface area (Å²) in [5.74, 6) is 1.15. The number of rotatable bonds is 9. The van der Waals surface area contributed by atoms with E-state index in [0.29, 0.717) is 38.6 Å². The van der Waals surface area contributed by atoms with Gasteiger partial charge in [0.2, 0.25) is 0 Å². The Bertz CT molecular complexity index is 1190. The highest BCUT2D eigenvalue weighted by Gasteiger charge is 2.17. The Balaban J connectivity index is 1.74. The third-order valence-corrected chi connectivity index (χ3v) is 5.83. The van der Waals surface area contributed by atoms with E-state index in [0.717, 1.165) is 10.0 Å². The molecular formula is C23H23BrCl2N5O2+. The molecule has 33 heavy (non-hydrogen) atoms. The highest BCUT2D eigenvalue weighted by atomic mass is 79.9. The van der Waals surface area contributed by atoms with Crippen LogP contribution in [-0.2, 0) is 18.5 Å². The Labute approximate surface area is 210 Å². The number of halogens is 3. The van der Waals surface area contributed by atoms with Crippen LogP contribution in [0.2, 0.25) is 10.0 Å². The molecular weight excluding hydrogens is 529 g/mol. The molecule has 0 bridgehead atoms. The molecule has 0 aliphatic carbocycles. The number of oxime groups is 1. The molecule has 3 N–H and O–H groups in total. The molecule has 172 valence electrons. The molecule has 0 amide bonds. The van der Waals surface area contributed by atoms with Gasteiger partial charge >= 0.3 is 5.88 Å². The van der Waals surface area contributed by atoms with Gasteiger partial charge in [-0.25, -0.2) is 0 Å². The van der Waals surface area contributed by atoms with Crippen LogP contribution in [-0.4, -0.2) is 28.8 Å². The summed E-state index contributed by atoms with van der Waals surface area (Å²) in [7, 11) is 3.62. The van der Waals surface area contributed by atoms with Crippen LogP contribution >= 0.6 is 39.1 Å². The molecule has 3 rings (SSSR count). The Morgan fingerprint density at radius 2 is 1.85 bits per heavy atom. The van der Waals surface area contributed by atoms with E-state index in [1.165, 1.54) is 6.21 Å². The van der Waals surface area contributed by atoms with Crippen LogP contribution in [0.25, 0.3) is 11.3 Å².